The third-order valence-corrected chi connectivity index (χ3v) is 2.73. The molecule has 0 bridgehead atoms. The molecule has 0 aliphatic heterocycles. The molecule has 0 spiro atoms. The lowest BCUT2D eigenvalue weighted by atomic mass is 9.99. The Labute approximate surface area is 104 Å². The third-order valence-electron chi connectivity index (χ3n) is 2.73. The van der Waals surface area contributed by atoms with E-state index in [4.69, 9.17) is 4.52 Å². The van der Waals surface area contributed by atoms with Gasteiger partial charge in [0.05, 0.1) is 17.8 Å². The minimum Gasteiger partial charge on any atom is -0.361 e. The van der Waals surface area contributed by atoms with Crippen molar-refractivity contribution in [2.45, 2.75) is 26.7 Å². The fraction of sp³-hybridized carbons (Fsp3) is 0.333. The van der Waals surface area contributed by atoms with Crippen molar-refractivity contribution in [3.63, 3.8) is 0 Å². The summed E-state index contributed by atoms with van der Waals surface area (Å²) in [6.45, 7) is 5.41. The summed E-state index contributed by atoms with van der Waals surface area (Å²) in [6.07, 6.45) is 4.57. The van der Waals surface area contributed by atoms with Crippen molar-refractivity contribution in [2.24, 2.45) is 0 Å². The highest BCUT2D eigenvalue weighted by Gasteiger charge is 2.23. The molecule has 0 aromatic carbocycles. The number of nitrogens with one attached hydrogen (secondary N) is 1. The molecule has 18 heavy (non-hydrogen) atoms. The molecule has 0 saturated carbocycles. The molecule has 6 nitrogen and oxygen atoms in total. The number of amides is 1. The molecular formula is C12H14N4O2. The highest BCUT2D eigenvalue weighted by molar-refractivity contribution is 5.94. The summed E-state index contributed by atoms with van der Waals surface area (Å²) in [7, 11) is 0. The van der Waals surface area contributed by atoms with E-state index < -0.39 is 0 Å². The van der Waals surface area contributed by atoms with E-state index >= 15 is 0 Å². The molecule has 0 radical (unpaired) electrons. The topological polar surface area (TPSA) is 80.9 Å². The molecular weight excluding hydrogens is 232 g/mol. The fourth-order valence-corrected chi connectivity index (χ4v) is 1.84. The molecule has 0 saturated heterocycles. The summed E-state index contributed by atoms with van der Waals surface area (Å²) in [6, 6.07) is 0. The van der Waals surface area contributed by atoms with Crippen LogP contribution in [-0.4, -0.2) is 21.0 Å². The van der Waals surface area contributed by atoms with Crippen LogP contribution in [0, 0.1) is 13.8 Å². The average molecular weight is 246 g/mol. The molecule has 1 amide bonds. The predicted molar refractivity (Wildman–Crippen MR) is 65.1 cm³/mol. The maximum absolute atomic E-state index is 12.1. The lowest BCUT2D eigenvalue weighted by molar-refractivity contribution is -0.117. The first kappa shape index (κ1) is 12.2. The van der Waals surface area contributed by atoms with Crippen molar-refractivity contribution >= 4 is 11.7 Å². The Kier molecular flexibility index (Phi) is 3.36. The van der Waals surface area contributed by atoms with E-state index in [1.807, 2.05) is 6.92 Å². The molecule has 0 aliphatic carbocycles. The van der Waals surface area contributed by atoms with E-state index in [1.165, 1.54) is 12.4 Å². The molecule has 1 atom stereocenters. The molecule has 2 aromatic heterocycles. The maximum Gasteiger partial charge on any atom is 0.233 e. The number of carbonyl (C=O) groups is 1. The number of aromatic nitrogens is 3. The Balaban J connectivity index is 2.15. The number of nitrogens with zero attached hydrogens (tertiary/aromatic N) is 3. The molecule has 0 aliphatic rings. The van der Waals surface area contributed by atoms with Gasteiger partial charge in [-0.1, -0.05) is 5.16 Å². The van der Waals surface area contributed by atoms with E-state index in [-0.39, 0.29) is 11.8 Å². The smallest absolute Gasteiger partial charge is 0.233 e. The van der Waals surface area contributed by atoms with E-state index in [1.54, 1.807) is 20.0 Å². The molecule has 1 unspecified atom stereocenters. The van der Waals surface area contributed by atoms with E-state index in [9.17, 15) is 4.79 Å². The van der Waals surface area contributed by atoms with Crippen LogP contribution in [0.25, 0.3) is 0 Å². The van der Waals surface area contributed by atoms with E-state index in [2.05, 4.69) is 20.4 Å². The Bertz CT molecular complexity index is 531. The zero-order valence-electron chi connectivity index (χ0n) is 10.5. The summed E-state index contributed by atoms with van der Waals surface area (Å²) in [5.41, 5.74) is 1.55. The highest BCUT2D eigenvalue weighted by atomic mass is 16.5. The summed E-state index contributed by atoms with van der Waals surface area (Å²) < 4.78 is 5.06. The standard InChI is InChI=1S/C12H14N4O2/c1-7(11-8(2)16-18-9(11)3)12(17)15-10-6-13-4-5-14-10/h4-7H,1-3H3,(H,14,15,17). The SMILES string of the molecule is Cc1noc(C)c1C(C)C(=O)Nc1cnccn1. The fourth-order valence-electron chi connectivity index (χ4n) is 1.84. The van der Waals surface area contributed by atoms with Crippen molar-refractivity contribution < 1.29 is 9.32 Å². The summed E-state index contributed by atoms with van der Waals surface area (Å²) in [4.78, 5) is 19.9. The van der Waals surface area contributed by atoms with Gasteiger partial charge in [-0.2, -0.15) is 0 Å². The summed E-state index contributed by atoms with van der Waals surface area (Å²) in [5, 5.41) is 6.55. The first-order valence-corrected chi connectivity index (χ1v) is 5.59. The van der Waals surface area contributed by atoms with Gasteiger partial charge in [-0.25, -0.2) is 4.98 Å². The minimum atomic E-state index is -0.349. The largest absolute Gasteiger partial charge is 0.361 e. The van der Waals surface area contributed by atoms with E-state index in [0.717, 1.165) is 11.3 Å². The zero-order valence-corrected chi connectivity index (χ0v) is 10.5. The summed E-state index contributed by atoms with van der Waals surface area (Å²) >= 11 is 0. The van der Waals surface area contributed by atoms with Gasteiger partial charge in [0.15, 0.2) is 5.82 Å². The Morgan fingerprint density at radius 1 is 1.39 bits per heavy atom. The monoisotopic (exact) mass is 246 g/mol. The molecule has 94 valence electrons. The van der Waals surface area contributed by atoms with Crippen LogP contribution in [0.2, 0.25) is 0 Å². The lowest BCUT2D eigenvalue weighted by Crippen LogP contribution is -2.20. The van der Waals surface area contributed by atoms with Gasteiger partial charge in [0.25, 0.3) is 0 Å². The second-order valence-electron chi connectivity index (χ2n) is 4.04. The van der Waals surface area contributed by atoms with Crippen LogP contribution in [0.15, 0.2) is 23.1 Å². The number of anilines is 1. The van der Waals surface area contributed by atoms with Gasteiger partial charge in [0, 0.05) is 18.0 Å². The van der Waals surface area contributed by atoms with Crippen molar-refractivity contribution in [1.82, 2.24) is 15.1 Å². The molecule has 2 heterocycles. The Morgan fingerprint density at radius 3 is 2.72 bits per heavy atom. The summed E-state index contributed by atoms with van der Waals surface area (Å²) in [5.74, 6) is 0.582. The molecule has 0 fully saturated rings. The van der Waals surface area contributed by atoms with Crippen molar-refractivity contribution in [3.8, 4) is 0 Å². The average Bonchev–Trinajstić information content (AvgIpc) is 2.69. The highest BCUT2D eigenvalue weighted by Crippen LogP contribution is 2.23. The van der Waals surface area contributed by atoms with Crippen LogP contribution in [-0.2, 0) is 4.79 Å². The quantitative estimate of drug-likeness (QED) is 0.893. The number of rotatable bonds is 3. The van der Waals surface area contributed by atoms with Crippen LogP contribution in [0.5, 0.6) is 0 Å². The molecule has 6 heteroatoms. The Morgan fingerprint density at radius 2 is 2.17 bits per heavy atom. The lowest BCUT2D eigenvalue weighted by Gasteiger charge is -2.10. The molecule has 2 rings (SSSR count). The van der Waals surface area contributed by atoms with Gasteiger partial charge < -0.3 is 9.84 Å². The maximum atomic E-state index is 12.1. The van der Waals surface area contributed by atoms with Gasteiger partial charge in [0.2, 0.25) is 5.91 Å². The van der Waals surface area contributed by atoms with Gasteiger partial charge >= 0.3 is 0 Å². The number of aryl methyl sites for hydroxylation is 2. The minimum absolute atomic E-state index is 0.162. The molecule has 1 N–H and O–H groups in total. The van der Waals surface area contributed by atoms with Crippen LogP contribution >= 0.6 is 0 Å². The molecule has 2 aromatic rings. The van der Waals surface area contributed by atoms with Gasteiger partial charge in [-0.15, -0.1) is 0 Å². The Hall–Kier alpha value is -2.24. The van der Waals surface area contributed by atoms with Gasteiger partial charge in [-0.3, -0.25) is 9.78 Å². The second kappa shape index (κ2) is 4.95. The first-order valence-electron chi connectivity index (χ1n) is 5.59. The van der Waals surface area contributed by atoms with Crippen LogP contribution < -0.4 is 5.32 Å². The van der Waals surface area contributed by atoms with Crippen LogP contribution in [0.1, 0.15) is 29.9 Å². The number of carbonyl (C=O) groups excluding carboxylic acids is 1. The van der Waals surface area contributed by atoms with Crippen LogP contribution in [0.4, 0.5) is 5.82 Å². The predicted octanol–water partition coefficient (Wildman–Crippen LogP) is 1.82. The first-order chi connectivity index (χ1) is 8.59. The number of hydrogen-bond donors (Lipinski definition) is 1. The zero-order chi connectivity index (χ0) is 13.1. The third kappa shape index (κ3) is 2.37. The number of hydrogen-bond acceptors (Lipinski definition) is 5. The van der Waals surface area contributed by atoms with Gasteiger partial charge in [-0.05, 0) is 20.8 Å². The second-order valence-corrected chi connectivity index (χ2v) is 4.04. The van der Waals surface area contributed by atoms with Crippen molar-refractivity contribution in [3.05, 3.63) is 35.6 Å². The van der Waals surface area contributed by atoms with Gasteiger partial charge in [0.1, 0.15) is 5.76 Å². The normalized spacial score (nSPS) is 12.2. The van der Waals surface area contributed by atoms with Crippen LogP contribution in [0.3, 0.4) is 0 Å². The van der Waals surface area contributed by atoms with Crippen molar-refractivity contribution in [1.29, 1.82) is 0 Å². The van der Waals surface area contributed by atoms with Crippen molar-refractivity contribution in [2.75, 3.05) is 5.32 Å². The van der Waals surface area contributed by atoms with E-state index in [0.29, 0.717) is 11.6 Å².